The molecule has 0 fully saturated rings. The molecule has 0 unspecified atom stereocenters. The Kier molecular flexibility index (Phi) is 6.94. The summed E-state index contributed by atoms with van der Waals surface area (Å²) < 4.78 is 5.13. The largest absolute Gasteiger partial charge is 0.495 e. The molecule has 0 spiro atoms. The number of anilines is 1. The Morgan fingerprint density at radius 2 is 2.19 bits per heavy atom. The van der Waals surface area contributed by atoms with Crippen molar-refractivity contribution < 1.29 is 14.5 Å². The Hall–Kier alpha value is -2.88. The Morgan fingerprint density at radius 3 is 2.81 bits per heavy atom. The van der Waals surface area contributed by atoms with Crippen molar-refractivity contribution in [1.82, 2.24) is 9.97 Å². The van der Waals surface area contributed by atoms with E-state index in [1.165, 1.54) is 31.4 Å². The van der Waals surface area contributed by atoms with Crippen LogP contribution in [0.3, 0.4) is 0 Å². The molecule has 0 bridgehead atoms. The SMILES string of the molecule is CCCc1cc(=O)[nH]c(S[C@@H](C)C(=O)Nc2cc([N+](=O)[O-])ccc2OC)n1. The molecule has 9 nitrogen and oxygen atoms in total. The molecule has 0 radical (unpaired) electrons. The quantitative estimate of drug-likeness (QED) is 0.306. The van der Waals surface area contributed by atoms with Gasteiger partial charge in [0.15, 0.2) is 5.16 Å². The molecule has 0 saturated heterocycles. The van der Waals surface area contributed by atoms with Gasteiger partial charge >= 0.3 is 0 Å². The molecule has 1 atom stereocenters. The third-order valence-corrected chi connectivity index (χ3v) is 4.57. The van der Waals surface area contributed by atoms with Crippen LogP contribution in [0.4, 0.5) is 11.4 Å². The van der Waals surface area contributed by atoms with E-state index in [0.717, 1.165) is 18.2 Å². The van der Waals surface area contributed by atoms with Gasteiger partial charge in [0, 0.05) is 23.9 Å². The Balaban J connectivity index is 2.15. The number of aryl methyl sites for hydroxylation is 1. The maximum absolute atomic E-state index is 12.5. The van der Waals surface area contributed by atoms with Crippen molar-refractivity contribution in [2.45, 2.75) is 37.1 Å². The number of carbonyl (C=O) groups is 1. The number of hydrogen-bond donors (Lipinski definition) is 2. The van der Waals surface area contributed by atoms with E-state index < -0.39 is 16.1 Å². The van der Waals surface area contributed by atoms with Crippen LogP contribution in [0.1, 0.15) is 26.0 Å². The van der Waals surface area contributed by atoms with Gasteiger partial charge in [0.05, 0.1) is 23.0 Å². The number of amides is 1. The molecule has 1 amide bonds. The standard InChI is InChI=1S/C17H20N4O5S/c1-4-5-11-8-15(22)20-17(18-11)27-10(2)16(23)19-13-9-12(21(24)25)6-7-14(13)26-3/h6-10H,4-5H2,1-3H3,(H,19,23)(H,18,20,22)/t10-/m0/s1. The van der Waals surface area contributed by atoms with Gasteiger partial charge in [-0.3, -0.25) is 19.7 Å². The van der Waals surface area contributed by atoms with Crippen LogP contribution < -0.4 is 15.6 Å². The molecule has 1 aromatic heterocycles. The van der Waals surface area contributed by atoms with E-state index in [0.29, 0.717) is 23.0 Å². The van der Waals surface area contributed by atoms with Gasteiger partial charge < -0.3 is 15.0 Å². The topological polar surface area (TPSA) is 127 Å². The molecular weight excluding hydrogens is 372 g/mol. The number of benzene rings is 1. The number of nitro benzene ring substituents is 1. The molecule has 1 aromatic carbocycles. The predicted octanol–water partition coefficient (Wildman–Crippen LogP) is 2.76. The van der Waals surface area contributed by atoms with Crippen molar-refractivity contribution in [3.05, 3.63) is 50.4 Å². The van der Waals surface area contributed by atoms with Gasteiger partial charge in [-0.2, -0.15) is 0 Å². The van der Waals surface area contributed by atoms with E-state index in [9.17, 15) is 19.7 Å². The molecule has 1 heterocycles. The van der Waals surface area contributed by atoms with Crippen LogP contribution in [0.2, 0.25) is 0 Å². The third-order valence-electron chi connectivity index (χ3n) is 3.59. The fourth-order valence-corrected chi connectivity index (χ4v) is 3.12. The summed E-state index contributed by atoms with van der Waals surface area (Å²) in [4.78, 5) is 41.5. The maximum atomic E-state index is 12.5. The smallest absolute Gasteiger partial charge is 0.271 e. The van der Waals surface area contributed by atoms with Gasteiger partial charge in [-0.1, -0.05) is 25.1 Å². The van der Waals surface area contributed by atoms with E-state index in [2.05, 4.69) is 15.3 Å². The number of nitro groups is 1. The molecule has 0 aliphatic carbocycles. The number of hydrogen-bond acceptors (Lipinski definition) is 7. The van der Waals surface area contributed by atoms with Crippen LogP contribution in [0.15, 0.2) is 34.2 Å². The minimum atomic E-state index is -0.603. The van der Waals surface area contributed by atoms with E-state index in [1.807, 2.05) is 6.92 Å². The van der Waals surface area contributed by atoms with Gasteiger partial charge in [0.25, 0.3) is 11.2 Å². The number of methoxy groups -OCH3 is 1. The van der Waals surface area contributed by atoms with E-state index in [-0.39, 0.29) is 16.9 Å². The number of non-ortho nitro benzene ring substituents is 1. The van der Waals surface area contributed by atoms with Crippen molar-refractivity contribution in [2.75, 3.05) is 12.4 Å². The molecule has 2 aromatic rings. The first-order valence-corrected chi connectivity index (χ1v) is 9.12. The third kappa shape index (κ3) is 5.55. The zero-order valence-corrected chi connectivity index (χ0v) is 16.0. The number of rotatable bonds is 8. The molecule has 0 aliphatic rings. The summed E-state index contributed by atoms with van der Waals surface area (Å²) in [6.45, 7) is 3.63. The molecule has 27 heavy (non-hydrogen) atoms. The number of thioether (sulfide) groups is 1. The molecule has 144 valence electrons. The lowest BCUT2D eigenvalue weighted by atomic mass is 10.2. The second kappa shape index (κ2) is 9.17. The summed E-state index contributed by atoms with van der Waals surface area (Å²) in [6, 6.07) is 5.38. The number of nitrogens with zero attached hydrogens (tertiary/aromatic N) is 2. The van der Waals surface area contributed by atoms with Crippen LogP contribution in [0, 0.1) is 10.1 Å². The van der Waals surface area contributed by atoms with Crippen LogP contribution >= 0.6 is 11.8 Å². The Bertz CT molecular complexity index is 899. The first-order valence-electron chi connectivity index (χ1n) is 8.24. The maximum Gasteiger partial charge on any atom is 0.271 e. The first-order chi connectivity index (χ1) is 12.8. The normalized spacial score (nSPS) is 11.7. The zero-order chi connectivity index (χ0) is 20.0. The highest BCUT2D eigenvalue weighted by Gasteiger charge is 2.19. The average molecular weight is 392 g/mol. The summed E-state index contributed by atoms with van der Waals surface area (Å²) in [5, 5.41) is 13.3. The van der Waals surface area contributed by atoms with Crippen LogP contribution in [-0.2, 0) is 11.2 Å². The van der Waals surface area contributed by atoms with Crippen LogP contribution in [-0.4, -0.2) is 33.2 Å². The molecule has 0 aliphatic heterocycles. The van der Waals surface area contributed by atoms with Gasteiger partial charge in [0.1, 0.15) is 5.75 Å². The van der Waals surface area contributed by atoms with E-state index >= 15 is 0 Å². The Morgan fingerprint density at radius 1 is 1.44 bits per heavy atom. The summed E-state index contributed by atoms with van der Waals surface area (Å²) in [6.07, 6.45) is 1.52. The lowest BCUT2D eigenvalue weighted by Gasteiger charge is -2.14. The first kappa shape index (κ1) is 20.4. The number of H-pyrrole nitrogens is 1. The second-order valence-corrected chi connectivity index (χ2v) is 7.01. The van der Waals surface area contributed by atoms with Crippen molar-refractivity contribution in [2.24, 2.45) is 0 Å². The van der Waals surface area contributed by atoms with Gasteiger partial charge in [-0.15, -0.1) is 0 Å². The van der Waals surface area contributed by atoms with Gasteiger partial charge in [0.2, 0.25) is 5.91 Å². The second-order valence-electron chi connectivity index (χ2n) is 5.68. The van der Waals surface area contributed by atoms with Gasteiger partial charge in [-0.05, 0) is 19.4 Å². The average Bonchev–Trinajstić information content (AvgIpc) is 2.61. The fourth-order valence-electron chi connectivity index (χ4n) is 2.29. The monoisotopic (exact) mass is 392 g/mol. The highest BCUT2D eigenvalue weighted by Crippen LogP contribution is 2.30. The molecule has 10 heteroatoms. The van der Waals surface area contributed by atoms with Crippen molar-refractivity contribution >= 4 is 29.0 Å². The number of aromatic nitrogens is 2. The lowest BCUT2D eigenvalue weighted by Crippen LogP contribution is -2.23. The van der Waals surface area contributed by atoms with Crippen LogP contribution in [0.25, 0.3) is 0 Å². The minimum Gasteiger partial charge on any atom is -0.495 e. The van der Waals surface area contributed by atoms with Crippen molar-refractivity contribution in [3.63, 3.8) is 0 Å². The summed E-state index contributed by atoms with van der Waals surface area (Å²) in [7, 11) is 1.41. The summed E-state index contributed by atoms with van der Waals surface area (Å²) >= 11 is 1.10. The van der Waals surface area contributed by atoms with E-state index in [4.69, 9.17) is 4.74 Å². The molecule has 2 rings (SSSR count). The number of ether oxygens (including phenoxy) is 1. The van der Waals surface area contributed by atoms with E-state index in [1.54, 1.807) is 6.92 Å². The summed E-state index contributed by atoms with van der Waals surface area (Å²) in [5.74, 6) is -0.0926. The predicted molar refractivity (Wildman–Crippen MR) is 102 cm³/mol. The molecule has 2 N–H and O–H groups in total. The van der Waals surface area contributed by atoms with Crippen LogP contribution in [0.5, 0.6) is 5.75 Å². The van der Waals surface area contributed by atoms with Gasteiger partial charge in [-0.25, -0.2) is 4.98 Å². The summed E-state index contributed by atoms with van der Waals surface area (Å²) in [5.41, 5.74) is 0.427. The highest BCUT2D eigenvalue weighted by molar-refractivity contribution is 8.00. The van der Waals surface area contributed by atoms with Crippen molar-refractivity contribution in [3.8, 4) is 5.75 Å². The number of nitrogens with one attached hydrogen (secondary N) is 2. The molecular formula is C17H20N4O5S. The minimum absolute atomic E-state index is 0.162. The fraction of sp³-hybridized carbons (Fsp3) is 0.353. The zero-order valence-electron chi connectivity index (χ0n) is 15.1. The van der Waals surface area contributed by atoms with Crippen molar-refractivity contribution in [1.29, 1.82) is 0 Å². The number of carbonyl (C=O) groups excluding carboxylic acids is 1. The highest BCUT2D eigenvalue weighted by atomic mass is 32.2. The number of aromatic amines is 1. The lowest BCUT2D eigenvalue weighted by molar-refractivity contribution is -0.384. The molecule has 0 saturated carbocycles. The Labute approximate surface area is 159 Å².